The Labute approximate surface area is 198 Å². The number of aryl methyl sites for hydroxylation is 1. The average molecular weight is 489 g/mol. The topological polar surface area (TPSA) is 146 Å². The van der Waals surface area contributed by atoms with E-state index in [0.717, 1.165) is 15.9 Å². The summed E-state index contributed by atoms with van der Waals surface area (Å²) < 4.78 is 7.42. The van der Waals surface area contributed by atoms with Gasteiger partial charge in [-0.2, -0.15) is 5.26 Å². The molecule has 174 valence electrons. The Morgan fingerprint density at radius 3 is 2.48 bits per heavy atom. The van der Waals surface area contributed by atoms with Gasteiger partial charge in [0.25, 0.3) is 5.56 Å². The summed E-state index contributed by atoms with van der Waals surface area (Å²) in [6.45, 7) is 7.65. The van der Waals surface area contributed by atoms with Gasteiger partial charge < -0.3 is 10.5 Å². The largest absolute Gasteiger partial charge is 0.462 e. The molecule has 2 N–H and O–H groups in total. The predicted octanol–water partition coefficient (Wildman–Crippen LogP) is 2.31. The van der Waals surface area contributed by atoms with Gasteiger partial charge in [0, 0.05) is 30.8 Å². The van der Waals surface area contributed by atoms with Gasteiger partial charge in [-0.1, -0.05) is 20.8 Å². The van der Waals surface area contributed by atoms with Crippen LogP contribution in [0.25, 0.3) is 11.0 Å². The summed E-state index contributed by atoms with van der Waals surface area (Å²) >= 11 is 2.17. The number of thiophene rings is 1. The highest BCUT2D eigenvalue weighted by Crippen LogP contribution is 2.36. The highest BCUT2D eigenvalue weighted by atomic mass is 32.2. The van der Waals surface area contributed by atoms with Gasteiger partial charge in [0.15, 0.2) is 5.65 Å². The second kappa shape index (κ2) is 8.99. The maximum absolute atomic E-state index is 13.0. The molecule has 0 atom stereocenters. The zero-order valence-electron chi connectivity index (χ0n) is 19.2. The maximum atomic E-state index is 13.0. The first-order valence-corrected chi connectivity index (χ1v) is 11.8. The molecule has 0 radical (unpaired) electrons. The third-order valence-corrected chi connectivity index (χ3v) is 6.94. The Morgan fingerprint density at radius 2 is 1.91 bits per heavy atom. The molecule has 0 aromatic carbocycles. The number of hydrogen-bond donors (Lipinski definition) is 1. The summed E-state index contributed by atoms with van der Waals surface area (Å²) in [5.74, 6) is 0.0381. The molecule has 3 aromatic heterocycles. The molecule has 3 rings (SSSR count). The second-order valence-electron chi connectivity index (χ2n) is 8.28. The lowest BCUT2D eigenvalue weighted by molar-refractivity contribution is 0.0531. The third kappa shape index (κ3) is 4.38. The van der Waals surface area contributed by atoms with Crippen LogP contribution >= 0.6 is 23.1 Å². The molecular weight excluding hydrogens is 464 g/mol. The van der Waals surface area contributed by atoms with E-state index in [9.17, 15) is 19.6 Å². The van der Waals surface area contributed by atoms with E-state index in [0.29, 0.717) is 16.4 Å². The van der Waals surface area contributed by atoms with Crippen LogP contribution in [-0.2, 0) is 30.0 Å². The van der Waals surface area contributed by atoms with Gasteiger partial charge >= 0.3 is 11.7 Å². The molecule has 0 fully saturated rings. The fourth-order valence-electron chi connectivity index (χ4n) is 3.12. The minimum absolute atomic E-state index is 0.145. The Morgan fingerprint density at radius 1 is 1.24 bits per heavy atom. The van der Waals surface area contributed by atoms with Crippen LogP contribution in [-0.4, -0.2) is 31.7 Å². The highest BCUT2D eigenvalue weighted by molar-refractivity contribution is 7.98. The van der Waals surface area contributed by atoms with Gasteiger partial charge in [-0.15, -0.1) is 23.1 Å². The lowest BCUT2D eigenvalue weighted by Gasteiger charge is -2.19. The number of esters is 1. The first kappa shape index (κ1) is 24.5. The molecule has 0 saturated heterocycles. The SMILES string of the molecule is CCOC(=O)c1sc(N)c(C#N)c1CSc1nc(C(C)(C)C)nc2c1c(=O)n(C)c(=O)n2C. The van der Waals surface area contributed by atoms with Crippen LogP contribution in [0.1, 0.15) is 54.3 Å². The van der Waals surface area contributed by atoms with Gasteiger partial charge in [-0.3, -0.25) is 13.9 Å². The Bertz CT molecular complexity index is 1420. The molecule has 0 saturated carbocycles. The van der Waals surface area contributed by atoms with Crippen LogP contribution in [0.15, 0.2) is 14.6 Å². The minimum atomic E-state index is -0.562. The molecule has 0 amide bonds. The quantitative estimate of drug-likeness (QED) is 0.325. The summed E-state index contributed by atoms with van der Waals surface area (Å²) in [5, 5.41) is 10.4. The zero-order valence-corrected chi connectivity index (χ0v) is 20.8. The summed E-state index contributed by atoms with van der Waals surface area (Å²) in [7, 11) is 2.94. The fourth-order valence-corrected chi connectivity index (χ4v) is 5.18. The number of nitrogens with two attached hydrogens (primary N) is 1. The van der Waals surface area contributed by atoms with E-state index in [-0.39, 0.29) is 38.8 Å². The van der Waals surface area contributed by atoms with Crippen LogP contribution in [0.5, 0.6) is 0 Å². The van der Waals surface area contributed by atoms with E-state index in [4.69, 9.17) is 10.5 Å². The summed E-state index contributed by atoms with van der Waals surface area (Å²) in [6, 6.07) is 2.05. The summed E-state index contributed by atoms with van der Waals surface area (Å²) in [6.07, 6.45) is 0. The number of aromatic nitrogens is 4. The Hall–Kier alpha value is -3.17. The van der Waals surface area contributed by atoms with Crippen LogP contribution in [0.4, 0.5) is 5.00 Å². The second-order valence-corrected chi connectivity index (χ2v) is 10.3. The molecule has 3 heterocycles. The number of carbonyl (C=O) groups is 1. The van der Waals surface area contributed by atoms with Crippen molar-refractivity contribution in [1.29, 1.82) is 5.26 Å². The summed E-state index contributed by atoms with van der Waals surface area (Å²) in [5.41, 5.74) is 5.34. The van der Waals surface area contributed by atoms with Crippen molar-refractivity contribution in [3.05, 3.63) is 42.7 Å². The number of thioether (sulfide) groups is 1. The first-order valence-electron chi connectivity index (χ1n) is 10.0. The molecule has 0 aliphatic carbocycles. The van der Waals surface area contributed by atoms with Crippen LogP contribution in [0.2, 0.25) is 0 Å². The van der Waals surface area contributed by atoms with Crippen molar-refractivity contribution in [3.8, 4) is 6.07 Å². The number of fused-ring (bicyclic) bond motifs is 1. The van der Waals surface area contributed by atoms with Crippen LogP contribution in [0, 0.1) is 11.3 Å². The molecule has 0 aliphatic heterocycles. The molecule has 0 bridgehead atoms. The fraction of sp³-hybridized carbons (Fsp3) is 0.429. The van der Waals surface area contributed by atoms with E-state index in [1.807, 2.05) is 26.8 Å². The minimum Gasteiger partial charge on any atom is -0.462 e. The van der Waals surface area contributed by atoms with Crippen molar-refractivity contribution in [2.45, 2.75) is 43.9 Å². The number of carbonyl (C=O) groups excluding carboxylic acids is 1. The standard InChI is InChI=1S/C21H24N6O4S2/c1-7-31-18(29)13-11(10(8-22)14(23)33-13)9-32-16-12-15(24-19(25-16)21(2,3)4)26(5)20(30)27(6)17(12)28/h7,9,23H2,1-6H3. The Kier molecular flexibility index (Phi) is 6.67. The van der Waals surface area contributed by atoms with Gasteiger partial charge in [0.2, 0.25) is 0 Å². The van der Waals surface area contributed by atoms with Crippen molar-refractivity contribution >= 4 is 45.1 Å². The number of rotatable bonds is 5. The number of nitrogen functional groups attached to an aromatic ring is 1. The van der Waals surface area contributed by atoms with Crippen LogP contribution < -0.4 is 17.0 Å². The van der Waals surface area contributed by atoms with Crippen molar-refractivity contribution in [3.63, 3.8) is 0 Å². The Balaban J connectivity index is 2.22. The highest BCUT2D eigenvalue weighted by Gasteiger charge is 2.26. The van der Waals surface area contributed by atoms with Crippen LogP contribution in [0.3, 0.4) is 0 Å². The molecular formula is C21H24N6O4S2. The first-order chi connectivity index (χ1) is 15.4. The summed E-state index contributed by atoms with van der Waals surface area (Å²) in [4.78, 5) is 47.3. The molecule has 33 heavy (non-hydrogen) atoms. The van der Waals surface area contributed by atoms with Crippen molar-refractivity contribution in [2.75, 3.05) is 12.3 Å². The average Bonchev–Trinajstić information content (AvgIpc) is 3.08. The molecule has 10 nitrogen and oxygen atoms in total. The van der Waals surface area contributed by atoms with E-state index in [1.54, 1.807) is 14.0 Å². The van der Waals surface area contributed by atoms with E-state index in [1.165, 1.54) is 23.4 Å². The monoisotopic (exact) mass is 488 g/mol. The smallest absolute Gasteiger partial charge is 0.348 e. The molecule has 0 spiro atoms. The third-order valence-electron chi connectivity index (χ3n) is 4.90. The van der Waals surface area contributed by atoms with Gasteiger partial charge in [0.05, 0.1) is 12.2 Å². The van der Waals surface area contributed by atoms with E-state index in [2.05, 4.69) is 9.97 Å². The van der Waals surface area contributed by atoms with Crippen molar-refractivity contribution in [2.24, 2.45) is 14.1 Å². The molecule has 3 aromatic rings. The van der Waals surface area contributed by atoms with Gasteiger partial charge in [-0.25, -0.2) is 19.6 Å². The normalized spacial score (nSPS) is 11.5. The molecule has 0 unspecified atom stereocenters. The lowest BCUT2D eigenvalue weighted by atomic mass is 9.96. The number of nitriles is 1. The van der Waals surface area contributed by atoms with Crippen molar-refractivity contribution < 1.29 is 9.53 Å². The number of ether oxygens (including phenoxy) is 1. The lowest BCUT2D eigenvalue weighted by Crippen LogP contribution is -2.38. The molecule has 12 heteroatoms. The molecule has 0 aliphatic rings. The number of anilines is 1. The van der Waals surface area contributed by atoms with E-state index >= 15 is 0 Å². The van der Waals surface area contributed by atoms with E-state index < -0.39 is 22.6 Å². The number of nitrogens with zero attached hydrogens (tertiary/aromatic N) is 5. The maximum Gasteiger partial charge on any atom is 0.348 e. The predicted molar refractivity (Wildman–Crippen MR) is 128 cm³/mol. The van der Waals surface area contributed by atoms with Gasteiger partial charge in [0.1, 0.15) is 32.2 Å². The number of hydrogen-bond acceptors (Lipinski definition) is 10. The van der Waals surface area contributed by atoms with Gasteiger partial charge in [-0.05, 0) is 6.92 Å². The van der Waals surface area contributed by atoms with Crippen molar-refractivity contribution in [1.82, 2.24) is 19.1 Å². The zero-order chi connectivity index (χ0) is 24.7.